The number of β-amino-alcohol motifs (C(OH)–C–C–N with tert-alkyl or cyclic N) is 1. The van der Waals surface area contributed by atoms with Crippen LogP contribution in [0.5, 0.6) is 5.75 Å². The van der Waals surface area contributed by atoms with Crippen LogP contribution in [0.4, 0.5) is 0 Å². The van der Waals surface area contributed by atoms with Crippen molar-refractivity contribution in [1.29, 1.82) is 0 Å². The number of methoxy groups -OCH3 is 1. The first-order valence-corrected chi connectivity index (χ1v) is 8.58. The fraction of sp³-hybridized carbons (Fsp3) is 0.611. The average Bonchev–Trinajstić information content (AvgIpc) is 2.98. The predicted molar refractivity (Wildman–Crippen MR) is 92.1 cm³/mol. The van der Waals surface area contributed by atoms with Crippen LogP contribution in [0, 0.1) is 0 Å². The number of hydrogen-bond acceptors (Lipinski definition) is 5. The van der Waals surface area contributed by atoms with Crippen LogP contribution in [0.3, 0.4) is 0 Å². The van der Waals surface area contributed by atoms with Gasteiger partial charge in [0.05, 0.1) is 25.7 Å². The molecule has 1 N–H and O–H groups in total. The van der Waals surface area contributed by atoms with Crippen molar-refractivity contribution in [3.8, 4) is 5.75 Å². The summed E-state index contributed by atoms with van der Waals surface area (Å²) in [5, 5.41) is 10.4. The number of rotatable bonds is 4. The van der Waals surface area contributed by atoms with E-state index >= 15 is 0 Å². The number of carbonyl (C=O) groups excluding carboxylic acids is 1. The van der Waals surface area contributed by atoms with Gasteiger partial charge in [-0.1, -0.05) is 12.1 Å². The molecule has 3 rings (SSSR count). The van der Waals surface area contributed by atoms with Gasteiger partial charge in [0.2, 0.25) is 5.91 Å². The molecule has 1 aromatic carbocycles. The van der Waals surface area contributed by atoms with E-state index in [4.69, 9.17) is 4.74 Å². The van der Waals surface area contributed by atoms with Crippen molar-refractivity contribution in [3.05, 3.63) is 29.8 Å². The third-order valence-corrected chi connectivity index (χ3v) is 5.11. The van der Waals surface area contributed by atoms with Crippen molar-refractivity contribution < 1.29 is 14.6 Å². The van der Waals surface area contributed by atoms with E-state index in [1.807, 2.05) is 24.3 Å². The topological polar surface area (TPSA) is 56.2 Å². The molecular formula is C18H27N3O3. The summed E-state index contributed by atoms with van der Waals surface area (Å²) >= 11 is 0. The zero-order valence-corrected chi connectivity index (χ0v) is 14.5. The van der Waals surface area contributed by atoms with Gasteiger partial charge in [0.25, 0.3) is 0 Å². The van der Waals surface area contributed by atoms with Crippen LogP contribution in [-0.2, 0) is 11.2 Å². The summed E-state index contributed by atoms with van der Waals surface area (Å²) in [6, 6.07) is 7.66. The van der Waals surface area contributed by atoms with Crippen molar-refractivity contribution >= 4 is 5.91 Å². The molecule has 0 unspecified atom stereocenters. The first kappa shape index (κ1) is 17.2. The Hall–Kier alpha value is -1.63. The summed E-state index contributed by atoms with van der Waals surface area (Å²) in [7, 11) is 3.74. The number of nitrogens with zero attached hydrogens (tertiary/aromatic N) is 3. The van der Waals surface area contributed by atoms with Crippen LogP contribution in [0.2, 0.25) is 0 Å². The van der Waals surface area contributed by atoms with Gasteiger partial charge in [-0.2, -0.15) is 0 Å². The molecule has 2 fully saturated rings. The van der Waals surface area contributed by atoms with Crippen LogP contribution < -0.4 is 4.74 Å². The molecule has 2 heterocycles. The second kappa shape index (κ2) is 7.51. The Labute approximate surface area is 143 Å². The van der Waals surface area contributed by atoms with Gasteiger partial charge in [-0.15, -0.1) is 0 Å². The molecule has 0 aromatic heterocycles. The third kappa shape index (κ3) is 3.88. The Bertz CT molecular complexity index is 572. The standard InChI is InChI=1S/C18H27N3O3/c1-19-6-8-20(9-7-19)16-12-21(13-17(16)22)18(23)11-14-4-3-5-15(10-14)24-2/h3-5,10,16-17,22H,6-9,11-13H2,1-2H3/t16-,17-/m1/s1. The molecule has 0 spiro atoms. The largest absolute Gasteiger partial charge is 0.497 e. The molecule has 2 aliphatic rings. The number of benzene rings is 1. The number of likely N-dealkylation sites (N-methyl/N-ethyl adjacent to an activating group) is 1. The smallest absolute Gasteiger partial charge is 0.227 e. The zero-order valence-electron chi connectivity index (χ0n) is 14.5. The highest BCUT2D eigenvalue weighted by Gasteiger charge is 2.38. The van der Waals surface area contributed by atoms with E-state index in [2.05, 4.69) is 16.8 Å². The van der Waals surface area contributed by atoms with Gasteiger partial charge < -0.3 is 19.6 Å². The highest BCUT2D eigenvalue weighted by molar-refractivity contribution is 5.79. The summed E-state index contributed by atoms with van der Waals surface area (Å²) in [6.07, 6.45) is -0.109. The predicted octanol–water partition coefficient (Wildman–Crippen LogP) is 0.0568. The minimum Gasteiger partial charge on any atom is -0.497 e. The quantitative estimate of drug-likeness (QED) is 0.844. The molecule has 1 amide bonds. The van der Waals surface area contributed by atoms with E-state index in [9.17, 15) is 9.90 Å². The lowest BCUT2D eigenvalue weighted by molar-refractivity contribution is -0.129. The second-order valence-corrected chi connectivity index (χ2v) is 6.80. The van der Waals surface area contributed by atoms with E-state index < -0.39 is 6.10 Å². The van der Waals surface area contributed by atoms with E-state index in [1.165, 1.54) is 0 Å². The molecule has 2 aliphatic heterocycles. The van der Waals surface area contributed by atoms with Gasteiger partial charge in [0.15, 0.2) is 0 Å². The van der Waals surface area contributed by atoms with Gasteiger partial charge in [0, 0.05) is 39.3 Å². The lowest BCUT2D eigenvalue weighted by Crippen LogP contribution is -2.52. The van der Waals surface area contributed by atoms with E-state index in [0.717, 1.165) is 37.5 Å². The molecule has 0 radical (unpaired) electrons. The first-order chi connectivity index (χ1) is 11.6. The third-order valence-electron chi connectivity index (χ3n) is 5.11. The summed E-state index contributed by atoms with van der Waals surface area (Å²) in [6.45, 7) is 4.99. The zero-order chi connectivity index (χ0) is 17.1. The van der Waals surface area contributed by atoms with Gasteiger partial charge >= 0.3 is 0 Å². The number of aliphatic hydroxyl groups excluding tert-OH is 1. The first-order valence-electron chi connectivity index (χ1n) is 8.58. The van der Waals surface area contributed by atoms with Crippen molar-refractivity contribution in [2.45, 2.75) is 18.6 Å². The molecule has 132 valence electrons. The number of ether oxygens (including phenoxy) is 1. The minimum absolute atomic E-state index is 0.0629. The van der Waals surface area contributed by atoms with Gasteiger partial charge in [-0.05, 0) is 24.7 Å². The molecule has 0 saturated carbocycles. The molecule has 2 atom stereocenters. The summed E-state index contributed by atoms with van der Waals surface area (Å²) in [5.41, 5.74) is 0.942. The molecule has 0 aliphatic carbocycles. The van der Waals surface area contributed by atoms with Crippen molar-refractivity contribution in [1.82, 2.24) is 14.7 Å². The lowest BCUT2D eigenvalue weighted by atomic mass is 10.1. The second-order valence-electron chi connectivity index (χ2n) is 6.80. The molecule has 24 heavy (non-hydrogen) atoms. The highest BCUT2D eigenvalue weighted by Crippen LogP contribution is 2.20. The maximum Gasteiger partial charge on any atom is 0.227 e. The van der Waals surface area contributed by atoms with Gasteiger partial charge in [-0.25, -0.2) is 0 Å². The number of hydrogen-bond donors (Lipinski definition) is 1. The minimum atomic E-state index is -0.456. The summed E-state index contributed by atoms with van der Waals surface area (Å²) in [5.74, 6) is 0.830. The van der Waals surface area contributed by atoms with Crippen molar-refractivity contribution in [2.24, 2.45) is 0 Å². The number of piperazine rings is 1. The number of amides is 1. The number of carbonyl (C=O) groups is 1. The molecule has 6 nitrogen and oxygen atoms in total. The van der Waals surface area contributed by atoms with Crippen LogP contribution in [0.25, 0.3) is 0 Å². The molecule has 6 heteroatoms. The van der Waals surface area contributed by atoms with Crippen molar-refractivity contribution in [2.75, 3.05) is 53.4 Å². The Morgan fingerprint density at radius 3 is 2.71 bits per heavy atom. The van der Waals surface area contributed by atoms with E-state index in [-0.39, 0.29) is 11.9 Å². The Balaban J connectivity index is 1.58. The number of aliphatic hydroxyl groups is 1. The maximum atomic E-state index is 12.6. The van der Waals surface area contributed by atoms with E-state index in [1.54, 1.807) is 12.0 Å². The lowest BCUT2D eigenvalue weighted by Gasteiger charge is -2.37. The molecule has 2 saturated heterocycles. The van der Waals surface area contributed by atoms with Crippen LogP contribution in [0.1, 0.15) is 5.56 Å². The normalized spacial score (nSPS) is 25.9. The summed E-state index contributed by atoms with van der Waals surface area (Å²) < 4.78 is 5.21. The maximum absolute atomic E-state index is 12.6. The average molecular weight is 333 g/mol. The van der Waals surface area contributed by atoms with E-state index in [0.29, 0.717) is 19.5 Å². The van der Waals surface area contributed by atoms with Crippen LogP contribution in [0.15, 0.2) is 24.3 Å². The Kier molecular flexibility index (Phi) is 5.38. The SMILES string of the molecule is COc1cccc(CC(=O)N2C[C@@H](O)[C@H](N3CCN(C)CC3)C2)c1. The summed E-state index contributed by atoms with van der Waals surface area (Å²) in [4.78, 5) is 19.0. The molecule has 1 aromatic rings. The monoisotopic (exact) mass is 333 g/mol. The highest BCUT2D eigenvalue weighted by atomic mass is 16.5. The Morgan fingerprint density at radius 1 is 1.25 bits per heavy atom. The van der Waals surface area contributed by atoms with Crippen LogP contribution in [-0.4, -0.2) is 91.3 Å². The van der Waals surface area contributed by atoms with Crippen LogP contribution >= 0.6 is 0 Å². The van der Waals surface area contributed by atoms with Gasteiger partial charge in [-0.3, -0.25) is 9.69 Å². The fourth-order valence-electron chi connectivity index (χ4n) is 3.55. The fourth-order valence-corrected chi connectivity index (χ4v) is 3.55. The molecular weight excluding hydrogens is 306 g/mol. The Morgan fingerprint density at radius 2 is 2.00 bits per heavy atom. The number of likely N-dealkylation sites (tertiary alicyclic amines) is 1. The molecule has 0 bridgehead atoms. The van der Waals surface area contributed by atoms with Crippen molar-refractivity contribution in [3.63, 3.8) is 0 Å². The van der Waals surface area contributed by atoms with Gasteiger partial charge in [0.1, 0.15) is 5.75 Å².